The molecule has 0 aromatic rings. The number of alkyl halides is 2. The minimum atomic E-state index is -2.64. The third-order valence-electron chi connectivity index (χ3n) is 2.62. The first-order valence-corrected chi connectivity index (χ1v) is 5.08. The highest BCUT2D eigenvalue weighted by atomic mass is 19.3. The Morgan fingerprint density at radius 2 is 2.00 bits per heavy atom. The number of nitrogens with zero attached hydrogens (tertiary/aromatic N) is 1. The number of hydrogen-bond donors (Lipinski definition) is 0. The van der Waals surface area contributed by atoms with Crippen LogP contribution in [0.5, 0.6) is 0 Å². The maximum atomic E-state index is 12.0. The maximum absolute atomic E-state index is 12.0. The fourth-order valence-electron chi connectivity index (χ4n) is 1.80. The van der Waals surface area contributed by atoms with E-state index in [0.717, 1.165) is 19.4 Å². The fourth-order valence-corrected chi connectivity index (χ4v) is 1.80. The summed E-state index contributed by atoms with van der Waals surface area (Å²) >= 11 is 0. The number of likely N-dealkylation sites (tertiary alicyclic amines) is 1. The van der Waals surface area contributed by atoms with Crippen molar-refractivity contribution in [2.75, 3.05) is 13.1 Å². The largest absolute Gasteiger partial charge is 0.345 e. The molecule has 1 saturated heterocycles. The minimum Gasteiger partial charge on any atom is -0.318 e. The second-order valence-corrected chi connectivity index (χ2v) is 4.78. The van der Waals surface area contributed by atoms with Crippen LogP contribution in [-0.2, 0) is 4.74 Å². The molecule has 1 unspecified atom stereocenters. The van der Waals surface area contributed by atoms with Gasteiger partial charge in [0.15, 0.2) is 0 Å². The number of rotatable bonds is 2. The lowest BCUT2D eigenvalue weighted by Gasteiger charge is -2.41. The summed E-state index contributed by atoms with van der Waals surface area (Å²) in [5, 5.41) is 0. The van der Waals surface area contributed by atoms with Crippen LogP contribution < -0.4 is 0 Å². The number of halogens is 2. The zero-order chi connectivity index (χ0) is 10.8. The minimum absolute atomic E-state index is 0.0458. The highest BCUT2D eigenvalue weighted by Gasteiger charge is 2.29. The van der Waals surface area contributed by atoms with Crippen LogP contribution in [0.3, 0.4) is 0 Å². The van der Waals surface area contributed by atoms with Crippen molar-refractivity contribution in [1.29, 1.82) is 0 Å². The van der Waals surface area contributed by atoms with Crippen LogP contribution in [0.25, 0.3) is 0 Å². The molecular formula is C10H19F2NO. The van der Waals surface area contributed by atoms with Gasteiger partial charge in [0, 0.05) is 12.1 Å². The zero-order valence-electron chi connectivity index (χ0n) is 9.09. The molecule has 14 heavy (non-hydrogen) atoms. The highest BCUT2D eigenvalue weighted by Crippen LogP contribution is 2.22. The molecule has 84 valence electrons. The van der Waals surface area contributed by atoms with Gasteiger partial charge >= 0.3 is 6.61 Å². The topological polar surface area (TPSA) is 12.5 Å². The Labute approximate surface area is 84.2 Å². The molecule has 0 bridgehead atoms. The Morgan fingerprint density at radius 1 is 1.36 bits per heavy atom. The molecule has 0 amide bonds. The molecule has 0 aliphatic carbocycles. The van der Waals surface area contributed by atoms with Crippen LogP contribution >= 0.6 is 0 Å². The van der Waals surface area contributed by atoms with E-state index in [2.05, 4.69) is 30.4 Å². The molecule has 1 aliphatic rings. The first-order chi connectivity index (χ1) is 6.39. The van der Waals surface area contributed by atoms with Gasteiger partial charge in [-0.3, -0.25) is 4.90 Å². The normalized spacial score (nSPS) is 25.7. The van der Waals surface area contributed by atoms with Crippen LogP contribution in [0.2, 0.25) is 0 Å². The van der Waals surface area contributed by atoms with Gasteiger partial charge in [0.1, 0.15) is 0 Å². The second-order valence-electron chi connectivity index (χ2n) is 4.78. The molecule has 0 aromatic carbocycles. The molecule has 1 fully saturated rings. The molecule has 1 heterocycles. The smallest absolute Gasteiger partial charge is 0.318 e. The Morgan fingerprint density at radius 3 is 2.50 bits per heavy atom. The van der Waals surface area contributed by atoms with Crippen molar-refractivity contribution in [2.45, 2.75) is 51.9 Å². The summed E-state index contributed by atoms with van der Waals surface area (Å²) in [7, 11) is 0. The van der Waals surface area contributed by atoms with E-state index >= 15 is 0 Å². The average molecular weight is 207 g/mol. The standard InChI is InChI=1S/C10H19F2NO/c1-10(2,3)13-6-4-5-8(7-13)14-9(11)12/h8-9H,4-7H2,1-3H3. The maximum Gasteiger partial charge on any atom is 0.345 e. The Kier molecular flexibility index (Phi) is 3.84. The molecule has 1 atom stereocenters. The van der Waals surface area contributed by atoms with E-state index in [1.807, 2.05) is 0 Å². The van der Waals surface area contributed by atoms with Gasteiger partial charge in [-0.15, -0.1) is 0 Å². The van der Waals surface area contributed by atoms with Crippen molar-refractivity contribution in [3.63, 3.8) is 0 Å². The summed E-state index contributed by atoms with van der Waals surface area (Å²) in [5.41, 5.74) is 0.0458. The molecular weight excluding hydrogens is 188 g/mol. The molecule has 1 aliphatic heterocycles. The molecule has 0 N–H and O–H groups in total. The first-order valence-electron chi connectivity index (χ1n) is 5.08. The predicted molar refractivity (Wildman–Crippen MR) is 51.4 cm³/mol. The third kappa shape index (κ3) is 3.50. The van der Waals surface area contributed by atoms with E-state index in [9.17, 15) is 8.78 Å². The summed E-state index contributed by atoms with van der Waals surface area (Å²) < 4.78 is 28.5. The molecule has 2 nitrogen and oxygen atoms in total. The van der Waals surface area contributed by atoms with Crippen LogP contribution in [0.1, 0.15) is 33.6 Å². The van der Waals surface area contributed by atoms with Crippen molar-refractivity contribution < 1.29 is 13.5 Å². The average Bonchev–Trinajstić information content (AvgIpc) is 2.01. The predicted octanol–water partition coefficient (Wildman–Crippen LogP) is 2.49. The lowest BCUT2D eigenvalue weighted by atomic mass is 9.99. The lowest BCUT2D eigenvalue weighted by Crippen LogP contribution is -2.49. The van der Waals surface area contributed by atoms with Gasteiger partial charge in [-0.25, -0.2) is 0 Å². The number of hydrogen-bond acceptors (Lipinski definition) is 2. The lowest BCUT2D eigenvalue weighted by molar-refractivity contribution is -0.178. The first kappa shape index (κ1) is 11.9. The summed E-state index contributed by atoms with van der Waals surface area (Å²) in [4.78, 5) is 2.20. The van der Waals surface area contributed by atoms with Crippen LogP contribution in [0, 0.1) is 0 Å². The van der Waals surface area contributed by atoms with Gasteiger partial charge < -0.3 is 4.74 Å². The Balaban J connectivity index is 2.44. The van der Waals surface area contributed by atoms with Gasteiger partial charge in [-0.2, -0.15) is 8.78 Å². The summed E-state index contributed by atoms with van der Waals surface area (Å²) in [6, 6.07) is 0. The van der Waals surface area contributed by atoms with Gasteiger partial charge in [0.05, 0.1) is 6.10 Å². The van der Waals surface area contributed by atoms with Crippen molar-refractivity contribution in [2.24, 2.45) is 0 Å². The van der Waals surface area contributed by atoms with Crippen molar-refractivity contribution in [3.8, 4) is 0 Å². The van der Waals surface area contributed by atoms with E-state index in [0.29, 0.717) is 6.54 Å². The van der Waals surface area contributed by atoms with Crippen LogP contribution in [0.4, 0.5) is 8.78 Å². The molecule has 0 radical (unpaired) electrons. The van der Waals surface area contributed by atoms with Gasteiger partial charge in [0.25, 0.3) is 0 Å². The zero-order valence-corrected chi connectivity index (χ0v) is 9.09. The molecule has 1 rings (SSSR count). The summed E-state index contributed by atoms with van der Waals surface area (Å²) in [6.07, 6.45) is 1.38. The van der Waals surface area contributed by atoms with E-state index in [4.69, 9.17) is 0 Å². The summed E-state index contributed by atoms with van der Waals surface area (Å²) in [5.74, 6) is 0. The Bertz CT molecular complexity index is 179. The molecule has 0 aromatic heterocycles. The highest BCUT2D eigenvalue weighted by molar-refractivity contribution is 4.82. The van der Waals surface area contributed by atoms with Crippen molar-refractivity contribution in [3.05, 3.63) is 0 Å². The third-order valence-corrected chi connectivity index (χ3v) is 2.62. The fraction of sp³-hybridized carbons (Fsp3) is 1.00. The Hall–Kier alpha value is -0.220. The van der Waals surface area contributed by atoms with E-state index in [-0.39, 0.29) is 11.6 Å². The van der Waals surface area contributed by atoms with E-state index < -0.39 is 6.61 Å². The summed E-state index contributed by atoms with van der Waals surface area (Å²) in [6.45, 7) is 5.24. The SMILES string of the molecule is CC(C)(C)N1CCCC(OC(F)F)C1. The van der Waals surface area contributed by atoms with Crippen molar-refractivity contribution >= 4 is 0 Å². The van der Waals surface area contributed by atoms with Gasteiger partial charge in [0.2, 0.25) is 0 Å². The van der Waals surface area contributed by atoms with Crippen molar-refractivity contribution in [1.82, 2.24) is 4.90 Å². The quantitative estimate of drug-likeness (QED) is 0.689. The molecule has 0 saturated carbocycles. The van der Waals surface area contributed by atoms with E-state index in [1.54, 1.807) is 0 Å². The second kappa shape index (κ2) is 4.53. The van der Waals surface area contributed by atoms with E-state index in [1.165, 1.54) is 0 Å². The number of ether oxygens (including phenoxy) is 1. The monoisotopic (exact) mass is 207 g/mol. The van der Waals surface area contributed by atoms with Gasteiger partial charge in [-0.05, 0) is 40.2 Å². The molecule has 4 heteroatoms. The molecule has 0 spiro atoms. The van der Waals surface area contributed by atoms with Gasteiger partial charge in [-0.1, -0.05) is 0 Å². The number of piperidine rings is 1. The van der Waals surface area contributed by atoms with Crippen LogP contribution in [-0.4, -0.2) is 36.2 Å². The van der Waals surface area contributed by atoms with Crippen LogP contribution in [0.15, 0.2) is 0 Å².